The van der Waals surface area contributed by atoms with E-state index in [1.807, 2.05) is 18.2 Å². The zero-order valence-corrected chi connectivity index (χ0v) is 16.1. The smallest absolute Gasteiger partial charge is 0.343 e. The average molecular weight is 362 g/mol. The second kappa shape index (κ2) is 8.73. The maximum absolute atomic E-state index is 11.2. The lowest BCUT2D eigenvalue weighted by molar-refractivity contribution is -0.142. The molecule has 0 unspecified atom stereocenters. The van der Waals surface area contributed by atoms with Gasteiger partial charge < -0.3 is 14.2 Å². The minimum absolute atomic E-state index is 0.117. The van der Waals surface area contributed by atoms with Crippen LogP contribution >= 0.6 is 0 Å². The summed E-state index contributed by atoms with van der Waals surface area (Å²) in [6.07, 6.45) is 4.05. The number of methoxy groups -OCH3 is 2. The van der Waals surface area contributed by atoms with Gasteiger partial charge in [-0.05, 0) is 44.0 Å². The molecule has 2 fully saturated rings. The molecule has 6 heteroatoms. The summed E-state index contributed by atoms with van der Waals surface area (Å²) in [6, 6.07) is 7.31. The highest BCUT2D eigenvalue weighted by Gasteiger charge is 2.34. The highest BCUT2D eigenvalue weighted by molar-refractivity contribution is 5.71. The first-order chi connectivity index (χ1) is 12.6. The quantitative estimate of drug-likeness (QED) is 0.694. The van der Waals surface area contributed by atoms with Crippen molar-refractivity contribution in [2.45, 2.75) is 44.8 Å². The summed E-state index contributed by atoms with van der Waals surface area (Å²) in [4.78, 5) is 16.4. The van der Waals surface area contributed by atoms with E-state index < -0.39 is 5.97 Å². The zero-order chi connectivity index (χ0) is 18.5. The molecule has 3 rings (SSSR count). The number of carbonyl (C=O) groups is 1. The molecule has 6 nitrogen and oxygen atoms in total. The molecule has 1 aromatic rings. The fourth-order valence-corrected chi connectivity index (χ4v) is 3.93. The van der Waals surface area contributed by atoms with Crippen LogP contribution in [0.4, 0.5) is 0 Å². The molecule has 0 saturated carbocycles. The molecule has 2 aliphatic rings. The van der Waals surface area contributed by atoms with E-state index in [2.05, 4.69) is 21.5 Å². The normalized spacial score (nSPS) is 21.9. The highest BCUT2D eigenvalue weighted by Crippen LogP contribution is 2.30. The molecule has 144 valence electrons. The van der Waals surface area contributed by atoms with Crippen molar-refractivity contribution in [1.29, 1.82) is 0 Å². The second-order valence-electron chi connectivity index (χ2n) is 7.28. The van der Waals surface area contributed by atoms with Crippen LogP contribution in [-0.4, -0.2) is 68.3 Å². The number of esters is 1. The maximum Gasteiger partial charge on any atom is 0.343 e. The van der Waals surface area contributed by atoms with Gasteiger partial charge in [0.05, 0.1) is 14.2 Å². The summed E-state index contributed by atoms with van der Waals surface area (Å²) in [6.45, 7) is 6.67. The molecule has 0 amide bonds. The topological polar surface area (TPSA) is 51.2 Å². The summed E-state index contributed by atoms with van der Waals surface area (Å²) in [5.74, 6) is 0.799. The summed E-state index contributed by atoms with van der Waals surface area (Å²) < 4.78 is 15.5. The van der Waals surface area contributed by atoms with Crippen molar-refractivity contribution >= 4 is 5.97 Å². The SMILES string of the molecule is COC(=O)COc1ccc(CN2CC(N3CCCC[C@H]3C)C2)cc1OC. The van der Waals surface area contributed by atoms with Crippen LogP contribution in [0.5, 0.6) is 11.5 Å². The van der Waals surface area contributed by atoms with Gasteiger partial charge in [-0.3, -0.25) is 9.80 Å². The van der Waals surface area contributed by atoms with Gasteiger partial charge in [-0.25, -0.2) is 4.79 Å². The van der Waals surface area contributed by atoms with Gasteiger partial charge >= 0.3 is 5.97 Å². The minimum Gasteiger partial charge on any atom is -0.493 e. The van der Waals surface area contributed by atoms with E-state index >= 15 is 0 Å². The highest BCUT2D eigenvalue weighted by atomic mass is 16.6. The Morgan fingerprint density at radius 3 is 2.69 bits per heavy atom. The monoisotopic (exact) mass is 362 g/mol. The number of nitrogens with zero attached hydrogens (tertiary/aromatic N) is 2. The largest absolute Gasteiger partial charge is 0.493 e. The third-order valence-corrected chi connectivity index (χ3v) is 5.47. The van der Waals surface area contributed by atoms with Crippen molar-refractivity contribution in [3.63, 3.8) is 0 Å². The van der Waals surface area contributed by atoms with E-state index in [9.17, 15) is 4.79 Å². The van der Waals surface area contributed by atoms with Crippen molar-refractivity contribution < 1.29 is 19.0 Å². The maximum atomic E-state index is 11.2. The van der Waals surface area contributed by atoms with Crippen LogP contribution < -0.4 is 9.47 Å². The lowest BCUT2D eigenvalue weighted by atomic mass is 9.97. The Balaban J connectivity index is 1.52. The summed E-state index contributed by atoms with van der Waals surface area (Å²) in [5.41, 5.74) is 1.19. The van der Waals surface area contributed by atoms with Crippen LogP contribution in [0.25, 0.3) is 0 Å². The summed E-state index contributed by atoms with van der Waals surface area (Å²) >= 11 is 0. The Hall–Kier alpha value is -1.79. The Labute approximate surface area is 156 Å². The van der Waals surface area contributed by atoms with Crippen molar-refractivity contribution in [1.82, 2.24) is 9.80 Å². The second-order valence-corrected chi connectivity index (χ2v) is 7.28. The summed E-state index contributed by atoms with van der Waals surface area (Å²) in [5, 5.41) is 0. The fraction of sp³-hybridized carbons (Fsp3) is 0.650. The minimum atomic E-state index is -0.408. The molecule has 0 aliphatic carbocycles. The number of hydrogen-bond donors (Lipinski definition) is 0. The molecule has 2 heterocycles. The molecule has 0 N–H and O–H groups in total. The van der Waals surface area contributed by atoms with Gasteiger partial charge in [0, 0.05) is 31.7 Å². The van der Waals surface area contributed by atoms with Gasteiger partial charge in [0.15, 0.2) is 18.1 Å². The number of rotatable bonds is 7. The number of hydrogen-bond acceptors (Lipinski definition) is 6. The molecular formula is C20H30N2O4. The molecular weight excluding hydrogens is 332 g/mol. The number of benzene rings is 1. The van der Waals surface area contributed by atoms with Crippen LogP contribution in [0.1, 0.15) is 31.7 Å². The van der Waals surface area contributed by atoms with Gasteiger partial charge in [-0.2, -0.15) is 0 Å². The first-order valence-electron chi connectivity index (χ1n) is 9.45. The van der Waals surface area contributed by atoms with Gasteiger partial charge in [0.25, 0.3) is 0 Å². The Morgan fingerprint density at radius 1 is 1.19 bits per heavy atom. The van der Waals surface area contributed by atoms with E-state index in [0.29, 0.717) is 17.5 Å². The van der Waals surface area contributed by atoms with Crippen LogP contribution in [-0.2, 0) is 16.1 Å². The van der Waals surface area contributed by atoms with E-state index in [1.165, 1.54) is 38.5 Å². The lowest BCUT2D eigenvalue weighted by Crippen LogP contribution is -2.61. The zero-order valence-electron chi connectivity index (χ0n) is 16.1. The number of piperidine rings is 1. The Morgan fingerprint density at radius 2 is 2.00 bits per heavy atom. The van der Waals surface area contributed by atoms with Crippen molar-refractivity contribution in [2.24, 2.45) is 0 Å². The first kappa shape index (κ1) is 19.0. The predicted molar refractivity (Wildman–Crippen MR) is 99.6 cm³/mol. The molecule has 1 aromatic carbocycles. The van der Waals surface area contributed by atoms with Crippen LogP contribution in [0.2, 0.25) is 0 Å². The summed E-state index contributed by atoms with van der Waals surface area (Å²) in [7, 11) is 2.96. The van der Waals surface area contributed by atoms with E-state index in [-0.39, 0.29) is 6.61 Å². The third-order valence-electron chi connectivity index (χ3n) is 5.47. The van der Waals surface area contributed by atoms with E-state index in [4.69, 9.17) is 9.47 Å². The Bertz CT molecular complexity index is 616. The number of ether oxygens (including phenoxy) is 3. The molecule has 2 saturated heterocycles. The molecule has 1 atom stereocenters. The van der Waals surface area contributed by atoms with Gasteiger partial charge in [-0.15, -0.1) is 0 Å². The first-order valence-corrected chi connectivity index (χ1v) is 9.45. The van der Waals surface area contributed by atoms with Gasteiger partial charge in [0.2, 0.25) is 0 Å². The molecule has 26 heavy (non-hydrogen) atoms. The number of likely N-dealkylation sites (tertiary alicyclic amines) is 2. The van der Waals surface area contributed by atoms with Crippen molar-refractivity contribution in [3.8, 4) is 11.5 Å². The molecule has 0 spiro atoms. The fourth-order valence-electron chi connectivity index (χ4n) is 3.93. The molecule has 2 aliphatic heterocycles. The molecule has 0 bridgehead atoms. The van der Waals surface area contributed by atoms with Crippen LogP contribution in [0.15, 0.2) is 18.2 Å². The lowest BCUT2D eigenvalue weighted by Gasteiger charge is -2.49. The van der Waals surface area contributed by atoms with Gasteiger partial charge in [-0.1, -0.05) is 12.5 Å². The predicted octanol–water partition coefficient (Wildman–Crippen LogP) is 2.31. The van der Waals surface area contributed by atoms with Crippen molar-refractivity contribution in [3.05, 3.63) is 23.8 Å². The Kier molecular flexibility index (Phi) is 6.38. The van der Waals surface area contributed by atoms with Gasteiger partial charge in [0.1, 0.15) is 0 Å². The number of carbonyl (C=O) groups excluding carboxylic acids is 1. The molecule has 0 radical (unpaired) electrons. The standard InChI is InChI=1S/C20H30N2O4/c1-15-6-4-5-9-22(15)17-12-21(13-17)11-16-7-8-18(19(10-16)24-2)26-14-20(23)25-3/h7-8,10,15,17H,4-6,9,11-14H2,1-3H3/t15-/m1/s1. The van der Waals surface area contributed by atoms with E-state index in [1.54, 1.807) is 7.11 Å². The average Bonchev–Trinajstić information content (AvgIpc) is 2.63. The molecule has 0 aromatic heterocycles. The van der Waals surface area contributed by atoms with E-state index in [0.717, 1.165) is 25.7 Å². The third kappa shape index (κ3) is 4.48. The van der Waals surface area contributed by atoms with Crippen molar-refractivity contribution in [2.75, 3.05) is 40.5 Å². The van der Waals surface area contributed by atoms with Crippen LogP contribution in [0, 0.1) is 0 Å². The van der Waals surface area contributed by atoms with Crippen LogP contribution in [0.3, 0.4) is 0 Å².